The van der Waals surface area contributed by atoms with Crippen molar-refractivity contribution < 1.29 is 9.47 Å². The molecule has 112 valence electrons. The van der Waals surface area contributed by atoms with Crippen molar-refractivity contribution in [2.24, 2.45) is 0 Å². The summed E-state index contributed by atoms with van der Waals surface area (Å²) >= 11 is 0. The van der Waals surface area contributed by atoms with Crippen molar-refractivity contribution in [2.45, 2.75) is 13.3 Å². The molecule has 2 rings (SSSR count). The molecule has 0 bridgehead atoms. The van der Waals surface area contributed by atoms with E-state index in [9.17, 15) is 0 Å². The molecule has 21 heavy (non-hydrogen) atoms. The highest BCUT2D eigenvalue weighted by Gasteiger charge is 2.08. The molecule has 0 heterocycles. The van der Waals surface area contributed by atoms with Gasteiger partial charge in [0.2, 0.25) is 0 Å². The van der Waals surface area contributed by atoms with Gasteiger partial charge in [-0.25, -0.2) is 0 Å². The maximum absolute atomic E-state index is 5.97. The average Bonchev–Trinajstić information content (AvgIpc) is 2.51. The molecule has 0 saturated heterocycles. The second-order valence-electron chi connectivity index (χ2n) is 4.87. The zero-order valence-electron chi connectivity index (χ0n) is 12.8. The van der Waals surface area contributed by atoms with Crippen LogP contribution in [0.25, 0.3) is 0 Å². The normalized spacial score (nSPS) is 10.2. The van der Waals surface area contributed by atoms with Crippen LogP contribution in [-0.2, 0) is 0 Å². The van der Waals surface area contributed by atoms with Crippen LogP contribution in [0.4, 0.5) is 17.1 Å². The highest BCUT2D eigenvalue weighted by molar-refractivity contribution is 5.69. The number of hydrogen-bond donors (Lipinski definition) is 1. The molecule has 0 unspecified atom stereocenters. The summed E-state index contributed by atoms with van der Waals surface area (Å²) in [7, 11) is 3.66. The third-order valence-electron chi connectivity index (χ3n) is 3.21. The molecule has 2 N–H and O–H groups in total. The van der Waals surface area contributed by atoms with Crippen molar-refractivity contribution in [2.75, 3.05) is 31.4 Å². The molecular formula is C17H22N2O2. The number of ether oxygens (including phenoxy) is 2. The molecule has 4 nitrogen and oxygen atoms in total. The second kappa shape index (κ2) is 6.88. The number of benzene rings is 2. The second-order valence-corrected chi connectivity index (χ2v) is 4.87. The number of nitrogen functional groups attached to an aromatic ring is 1. The SMILES string of the molecule is CCCOc1cc(N)cc(N(C)c2cccc(OC)c2)c1. The average molecular weight is 286 g/mol. The van der Waals surface area contributed by atoms with E-state index in [1.54, 1.807) is 7.11 Å². The number of rotatable bonds is 6. The maximum atomic E-state index is 5.97. The van der Waals surface area contributed by atoms with Crippen LogP contribution >= 0.6 is 0 Å². The van der Waals surface area contributed by atoms with E-state index in [4.69, 9.17) is 15.2 Å². The lowest BCUT2D eigenvalue weighted by atomic mass is 10.2. The van der Waals surface area contributed by atoms with Crippen LogP contribution in [-0.4, -0.2) is 20.8 Å². The van der Waals surface area contributed by atoms with Gasteiger partial charge in [0, 0.05) is 42.3 Å². The zero-order valence-corrected chi connectivity index (χ0v) is 12.8. The molecule has 0 radical (unpaired) electrons. The lowest BCUT2D eigenvalue weighted by molar-refractivity contribution is 0.317. The summed E-state index contributed by atoms with van der Waals surface area (Å²) in [5.74, 6) is 1.62. The van der Waals surface area contributed by atoms with Gasteiger partial charge in [0.25, 0.3) is 0 Å². The van der Waals surface area contributed by atoms with Gasteiger partial charge in [-0.1, -0.05) is 13.0 Å². The van der Waals surface area contributed by atoms with E-state index < -0.39 is 0 Å². The Morgan fingerprint density at radius 3 is 2.52 bits per heavy atom. The molecule has 0 aliphatic rings. The van der Waals surface area contributed by atoms with Gasteiger partial charge in [-0.2, -0.15) is 0 Å². The Morgan fingerprint density at radius 2 is 1.81 bits per heavy atom. The van der Waals surface area contributed by atoms with Gasteiger partial charge in [0.1, 0.15) is 11.5 Å². The summed E-state index contributed by atoms with van der Waals surface area (Å²) in [6.07, 6.45) is 0.968. The largest absolute Gasteiger partial charge is 0.497 e. The number of nitrogens with two attached hydrogens (primary N) is 1. The minimum Gasteiger partial charge on any atom is -0.497 e. The highest BCUT2D eigenvalue weighted by atomic mass is 16.5. The lowest BCUT2D eigenvalue weighted by Gasteiger charge is -2.21. The van der Waals surface area contributed by atoms with Gasteiger partial charge in [0.15, 0.2) is 0 Å². The minimum absolute atomic E-state index is 0.686. The molecular weight excluding hydrogens is 264 g/mol. The molecule has 0 aliphatic heterocycles. The summed E-state index contributed by atoms with van der Waals surface area (Å²) in [5, 5.41) is 0. The van der Waals surface area contributed by atoms with E-state index in [2.05, 4.69) is 11.8 Å². The number of nitrogens with zero attached hydrogens (tertiary/aromatic N) is 1. The fraction of sp³-hybridized carbons (Fsp3) is 0.294. The minimum atomic E-state index is 0.686. The van der Waals surface area contributed by atoms with Crippen LogP contribution in [0.15, 0.2) is 42.5 Å². The Labute approximate surface area is 126 Å². The highest BCUT2D eigenvalue weighted by Crippen LogP contribution is 2.31. The summed E-state index contributed by atoms with van der Waals surface area (Å²) in [6.45, 7) is 2.77. The first kappa shape index (κ1) is 15.0. The van der Waals surface area contributed by atoms with Crippen LogP contribution in [0.3, 0.4) is 0 Å². The standard InChI is InChI=1S/C17H22N2O2/c1-4-8-21-17-10-13(18)9-15(12-17)19(2)14-6-5-7-16(11-14)20-3/h5-7,9-12H,4,8,18H2,1-3H3. The molecule has 0 atom stereocenters. The first-order valence-corrected chi connectivity index (χ1v) is 7.05. The first-order chi connectivity index (χ1) is 10.1. The summed E-state index contributed by atoms with van der Waals surface area (Å²) < 4.78 is 10.9. The monoisotopic (exact) mass is 286 g/mol. The Balaban J connectivity index is 2.28. The van der Waals surface area contributed by atoms with Crippen LogP contribution < -0.4 is 20.1 Å². The van der Waals surface area contributed by atoms with Gasteiger partial charge >= 0.3 is 0 Å². The van der Waals surface area contributed by atoms with Crippen molar-refractivity contribution in [3.63, 3.8) is 0 Å². The van der Waals surface area contributed by atoms with Crippen molar-refractivity contribution in [3.8, 4) is 11.5 Å². The van der Waals surface area contributed by atoms with Gasteiger partial charge in [-0.05, 0) is 24.6 Å². The van der Waals surface area contributed by atoms with Crippen molar-refractivity contribution in [1.29, 1.82) is 0 Å². The van der Waals surface area contributed by atoms with Crippen molar-refractivity contribution >= 4 is 17.1 Å². The number of hydrogen-bond acceptors (Lipinski definition) is 4. The van der Waals surface area contributed by atoms with E-state index >= 15 is 0 Å². The van der Waals surface area contributed by atoms with E-state index in [0.29, 0.717) is 12.3 Å². The van der Waals surface area contributed by atoms with Gasteiger partial charge in [0.05, 0.1) is 13.7 Å². The molecule has 2 aromatic rings. The van der Waals surface area contributed by atoms with Crippen molar-refractivity contribution in [1.82, 2.24) is 0 Å². The Bertz CT molecular complexity index is 599. The van der Waals surface area contributed by atoms with Crippen LogP contribution in [0.2, 0.25) is 0 Å². The predicted octanol–water partition coefficient (Wildman–Crippen LogP) is 3.83. The molecule has 0 spiro atoms. The molecule has 2 aromatic carbocycles. The molecule has 0 aromatic heterocycles. The topological polar surface area (TPSA) is 47.7 Å². The summed E-state index contributed by atoms with van der Waals surface area (Å²) in [5.41, 5.74) is 8.67. The third kappa shape index (κ3) is 3.81. The van der Waals surface area contributed by atoms with E-state index in [1.165, 1.54) is 0 Å². The Kier molecular flexibility index (Phi) is 4.93. The summed E-state index contributed by atoms with van der Waals surface area (Å²) in [4.78, 5) is 2.05. The first-order valence-electron chi connectivity index (χ1n) is 7.05. The lowest BCUT2D eigenvalue weighted by Crippen LogP contribution is -2.10. The smallest absolute Gasteiger partial charge is 0.123 e. The van der Waals surface area contributed by atoms with Gasteiger partial charge < -0.3 is 20.1 Å². The maximum Gasteiger partial charge on any atom is 0.123 e. The van der Waals surface area contributed by atoms with Crippen molar-refractivity contribution in [3.05, 3.63) is 42.5 Å². The molecule has 0 aliphatic carbocycles. The Hall–Kier alpha value is -2.36. The van der Waals surface area contributed by atoms with Crippen LogP contribution in [0.1, 0.15) is 13.3 Å². The zero-order chi connectivity index (χ0) is 15.2. The summed E-state index contributed by atoms with van der Waals surface area (Å²) in [6, 6.07) is 13.7. The Morgan fingerprint density at radius 1 is 1.05 bits per heavy atom. The molecule has 0 amide bonds. The molecule has 0 fully saturated rings. The van der Waals surface area contributed by atoms with E-state index in [0.717, 1.165) is 29.3 Å². The fourth-order valence-corrected chi connectivity index (χ4v) is 2.07. The fourth-order valence-electron chi connectivity index (χ4n) is 2.07. The van der Waals surface area contributed by atoms with E-state index in [1.807, 2.05) is 49.5 Å². The molecule has 0 saturated carbocycles. The predicted molar refractivity (Wildman–Crippen MR) is 87.7 cm³/mol. The van der Waals surface area contributed by atoms with Crippen LogP contribution in [0.5, 0.6) is 11.5 Å². The molecule has 4 heteroatoms. The quantitative estimate of drug-likeness (QED) is 0.820. The van der Waals surface area contributed by atoms with Gasteiger partial charge in [-0.3, -0.25) is 0 Å². The van der Waals surface area contributed by atoms with E-state index in [-0.39, 0.29) is 0 Å². The number of anilines is 3. The third-order valence-corrected chi connectivity index (χ3v) is 3.21. The van der Waals surface area contributed by atoms with Crippen LogP contribution in [0, 0.1) is 0 Å². The van der Waals surface area contributed by atoms with Gasteiger partial charge in [-0.15, -0.1) is 0 Å². The number of methoxy groups -OCH3 is 1.